The van der Waals surface area contributed by atoms with E-state index in [-0.39, 0.29) is 0 Å². The highest BCUT2D eigenvalue weighted by Gasteiger charge is 2.17. The van der Waals surface area contributed by atoms with E-state index in [0.29, 0.717) is 5.92 Å². The fourth-order valence-electron chi connectivity index (χ4n) is 2.50. The molecule has 0 amide bonds. The molecular formula is C18H17N3O3. The van der Waals surface area contributed by atoms with Crippen LogP contribution in [0.4, 0.5) is 0 Å². The Bertz CT molecular complexity index is 789. The number of rotatable bonds is 0. The van der Waals surface area contributed by atoms with Gasteiger partial charge in [-0.1, -0.05) is 55.0 Å². The zero-order valence-electron chi connectivity index (χ0n) is 13.3. The maximum Gasteiger partial charge on any atom is 0.231 e. The molecule has 0 bridgehead atoms. The molecule has 1 aliphatic carbocycles. The Kier molecular flexibility index (Phi) is 9.59. The summed E-state index contributed by atoms with van der Waals surface area (Å²) in [7, 11) is 0. The number of isocyanates is 3. The van der Waals surface area contributed by atoms with E-state index in [0.717, 1.165) is 18.2 Å². The summed E-state index contributed by atoms with van der Waals surface area (Å²) in [5, 5.41) is 19.0. The average molecular weight is 323 g/mol. The van der Waals surface area contributed by atoms with E-state index < -0.39 is 0 Å². The molecule has 6 heteroatoms. The van der Waals surface area contributed by atoms with Crippen LogP contribution in [0, 0.1) is 16.2 Å². The average Bonchev–Trinajstić information content (AvgIpc) is 2.55. The molecule has 0 aromatic heterocycles. The minimum atomic E-state index is 0.559. The summed E-state index contributed by atoms with van der Waals surface area (Å²) in [5.74, 6) is 0.559. The first kappa shape index (κ1) is 20.6. The molecule has 3 N–H and O–H groups in total. The largest absolute Gasteiger partial charge is 0.231 e. The molecule has 122 valence electrons. The summed E-state index contributed by atoms with van der Waals surface area (Å²) in [5.41, 5.74) is 4.31. The van der Waals surface area contributed by atoms with Crippen molar-refractivity contribution >= 4 is 35.1 Å². The first-order valence-corrected chi connectivity index (χ1v) is 6.83. The molecule has 0 saturated carbocycles. The number of carbonyl (C=O) groups excluding carboxylic acids is 3. The lowest BCUT2D eigenvalue weighted by Gasteiger charge is -2.22. The molecule has 0 aliphatic heterocycles. The number of benzene rings is 2. The van der Waals surface area contributed by atoms with Gasteiger partial charge in [0.15, 0.2) is 0 Å². The van der Waals surface area contributed by atoms with Gasteiger partial charge in [0.25, 0.3) is 0 Å². The monoisotopic (exact) mass is 323 g/mol. The molecule has 0 spiro atoms. The summed E-state index contributed by atoms with van der Waals surface area (Å²) in [4.78, 5) is 25.0. The molecule has 24 heavy (non-hydrogen) atoms. The van der Waals surface area contributed by atoms with Crippen LogP contribution in [-0.4, -0.2) is 18.2 Å². The van der Waals surface area contributed by atoms with Crippen molar-refractivity contribution in [3.63, 3.8) is 0 Å². The standard InChI is InChI=1S/C15H14.3CHNO/c1-10-9-13-7-3-5-12-6-4-8-14(11(10)2)15(12)13;3*2-1-3/h3-9,11H,1-2H3;3*2H. The topological polar surface area (TPSA) is 123 Å². The molecule has 1 atom stereocenters. The van der Waals surface area contributed by atoms with E-state index in [9.17, 15) is 0 Å². The molecular weight excluding hydrogens is 306 g/mol. The SMILES string of the molecule is CC1=Cc2cccc3cccc(c23)C1C.N=C=O.N=C=O.N=C=O. The van der Waals surface area contributed by atoms with Gasteiger partial charge >= 0.3 is 0 Å². The quantitative estimate of drug-likeness (QED) is 0.500. The van der Waals surface area contributed by atoms with Crippen molar-refractivity contribution < 1.29 is 14.4 Å². The van der Waals surface area contributed by atoms with Gasteiger partial charge in [-0.15, -0.1) is 0 Å². The first-order valence-electron chi connectivity index (χ1n) is 6.83. The summed E-state index contributed by atoms with van der Waals surface area (Å²) in [6, 6.07) is 13.2. The van der Waals surface area contributed by atoms with Crippen molar-refractivity contribution in [2.24, 2.45) is 0 Å². The van der Waals surface area contributed by atoms with Crippen molar-refractivity contribution in [2.45, 2.75) is 19.8 Å². The normalized spacial score (nSPS) is 12.9. The van der Waals surface area contributed by atoms with Crippen molar-refractivity contribution in [1.82, 2.24) is 0 Å². The minimum Gasteiger partial charge on any atom is -0.222 e. The third kappa shape index (κ3) is 5.41. The van der Waals surface area contributed by atoms with Crippen molar-refractivity contribution in [3.05, 3.63) is 53.1 Å². The van der Waals surface area contributed by atoms with Crippen LogP contribution >= 0.6 is 0 Å². The van der Waals surface area contributed by atoms with Crippen LogP contribution < -0.4 is 0 Å². The summed E-state index contributed by atoms with van der Waals surface area (Å²) < 4.78 is 0. The first-order chi connectivity index (χ1) is 11.5. The Morgan fingerprint density at radius 1 is 0.875 bits per heavy atom. The van der Waals surface area contributed by atoms with Crippen molar-refractivity contribution in [2.75, 3.05) is 0 Å². The lowest BCUT2D eigenvalue weighted by molar-refractivity contribution is 0.562. The Hall–Kier alpha value is -3.42. The van der Waals surface area contributed by atoms with E-state index in [1.807, 2.05) is 0 Å². The van der Waals surface area contributed by atoms with Gasteiger partial charge in [0.05, 0.1) is 0 Å². The van der Waals surface area contributed by atoms with Crippen LogP contribution in [-0.2, 0) is 14.4 Å². The van der Waals surface area contributed by atoms with E-state index in [2.05, 4.69) is 56.3 Å². The van der Waals surface area contributed by atoms with Crippen LogP contribution in [0.2, 0.25) is 0 Å². The highest BCUT2D eigenvalue weighted by molar-refractivity contribution is 5.96. The molecule has 6 nitrogen and oxygen atoms in total. The number of allylic oxidation sites excluding steroid dienone is 1. The van der Waals surface area contributed by atoms with E-state index in [4.69, 9.17) is 30.6 Å². The smallest absolute Gasteiger partial charge is 0.222 e. The molecule has 1 unspecified atom stereocenters. The van der Waals surface area contributed by atoms with Gasteiger partial charge in [0, 0.05) is 5.92 Å². The van der Waals surface area contributed by atoms with Gasteiger partial charge in [-0.3, -0.25) is 0 Å². The maximum absolute atomic E-state index is 8.35. The zero-order valence-corrected chi connectivity index (χ0v) is 13.3. The third-order valence-electron chi connectivity index (χ3n) is 3.50. The number of hydrogen-bond donors (Lipinski definition) is 3. The molecule has 1 aliphatic rings. The summed E-state index contributed by atoms with van der Waals surface area (Å²) in [6.07, 6.45) is 4.57. The van der Waals surface area contributed by atoms with Crippen LogP contribution in [0.15, 0.2) is 42.0 Å². The van der Waals surface area contributed by atoms with Gasteiger partial charge < -0.3 is 0 Å². The van der Waals surface area contributed by atoms with Crippen molar-refractivity contribution in [3.8, 4) is 0 Å². The van der Waals surface area contributed by atoms with E-state index in [1.54, 1.807) is 0 Å². The third-order valence-corrected chi connectivity index (χ3v) is 3.50. The van der Waals surface area contributed by atoms with Gasteiger partial charge in [0.1, 0.15) is 0 Å². The lowest BCUT2D eigenvalue weighted by atomic mass is 9.83. The summed E-state index contributed by atoms with van der Waals surface area (Å²) in [6.45, 7) is 4.51. The Labute approximate surface area is 139 Å². The predicted octanol–water partition coefficient (Wildman–Crippen LogP) is 4.06. The maximum atomic E-state index is 8.35. The Balaban J connectivity index is 0.000000500. The van der Waals surface area contributed by atoms with Gasteiger partial charge in [-0.05, 0) is 28.8 Å². The Morgan fingerprint density at radius 2 is 1.33 bits per heavy atom. The van der Waals surface area contributed by atoms with E-state index >= 15 is 0 Å². The molecule has 2 aromatic rings. The predicted molar refractivity (Wildman–Crippen MR) is 91.3 cm³/mol. The molecule has 2 aromatic carbocycles. The highest BCUT2D eigenvalue weighted by atomic mass is 16.1. The van der Waals surface area contributed by atoms with Crippen LogP contribution in [0.5, 0.6) is 0 Å². The fourth-order valence-corrected chi connectivity index (χ4v) is 2.50. The fraction of sp³-hybridized carbons (Fsp3) is 0.167. The van der Waals surface area contributed by atoms with Gasteiger partial charge in [0.2, 0.25) is 18.2 Å². The zero-order chi connectivity index (χ0) is 18.5. The second kappa shape index (κ2) is 11.2. The molecule has 0 saturated heterocycles. The van der Waals surface area contributed by atoms with Crippen LogP contribution in [0.1, 0.15) is 30.9 Å². The van der Waals surface area contributed by atoms with Crippen molar-refractivity contribution in [1.29, 1.82) is 16.2 Å². The second-order valence-electron chi connectivity index (χ2n) is 4.71. The van der Waals surface area contributed by atoms with Crippen LogP contribution in [0.25, 0.3) is 16.8 Å². The summed E-state index contributed by atoms with van der Waals surface area (Å²) >= 11 is 0. The molecule has 0 radical (unpaired) electrons. The highest BCUT2D eigenvalue weighted by Crippen LogP contribution is 2.37. The minimum absolute atomic E-state index is 0.559. The lowest BCUT2D eigenvalue weighted by Crippen LogP contribution is -2.02. The molecule has 3 rings (SSSR count). The van der Waals surface area contributed by atoms with Crippen LogP contribution in [0.3, 0.4) is 0 Å². The molecule has 0 fully saturated rings. The second-order valence-corrected chi connectivity index (χ2v) is 4.71. The molecule has 0 heterocycles. The Morgan fingerprint density at radius 3 is 1.83 bits per heavy atom. The van der Waals surface area contributed by atoms with Gasteiger partial charge in [-0.2, -0.15) is 0 Å². The van der Waals surface area contributed by atoms with E-state index in [1.165, 1.54) is 27.5 Å². The number of hydrogen-bond acceptors (Lipinski definition) is 6. The number of nitrogens with one attached hydrogen (secondary N) is 3. The van der Waals surface area contributed by atoms with Gasteiger partial charge in [-0.25, -0.2) is 30.6 Å².